The van der Waals surface area contributed by atoms with Crippen molar-refractivity contribution in [3.8, 4) is 0 Å². The molecular formula is C17H23N3OS. The number of aryl methyl sites for hydroxylation is 2. The van der Waals surface area contributed by atoms with Crippen molar-refractivity contribution >= 4 is 17.2 Å². The summed E-state index contributed by atoms with van der Waals surface area (Å²) in [5.74, 6) is 0.859. The molecule has 22 heavy (non-hydrogen) atoms. The van der Waals surface area contributed by atoms with Crippen LogP contribution in [-0.2, 0) is 17.6 Å². The molecule has 1 aliphatic rings. The zero-order valence-electron chi connectivity index (χ0n) is 13.0. The van der Waals surface area contributed by atoms with Gasteiger partial charge in [-0.15, -0.1) is 11.3 Å². The van der Waals surface area contributed by atoms with Crippen LogP contribution in [0.25, 0.3) is 0 Å². The Balaban J connectivity index is 1.51. The lowest BCUT2D eigenvalue weighted by Gasteiger charge is -2.33. The Morgan fingerprint density at radius 3 is 3.18 bits per heavy atom. The average molecular weight is 317 g/mol. The van der Waals surface area contributed by atoms with Gasteiger partial charge in [0.15, 0.2) is 0 Å². The van der Waals surface area contributed by atoms with Gasteiger partial charge in [-0.05, 0) is 55.5 Å². The highest BCUT2D eigenvalue weighted by molar-refractivity contribution is 7.09. The largest absolute Gasteiger partial charge is 0.342 e. The van der Waals surface area contributed by atoms with E-state index in [9.17, 15) is 4.79 Å². The number of piperidine rings is 1. The Labute approximate surface area is 135 Å². The number of nitrogens with one attached hydrogen (secondary N) is 1. The van der Waals surface area contributed by atoms with Crippen molar-refractivity contribution in [3.05, 3.63) is 39.8 Å². The highest BCUT2D eigenvalue weighted by Gasteiger charge is 2.24. The molecule has 0 aromatic carbocycles. The Bertz CT molecular complexity index is 605. The minimum Gasteiger partial charge on any atom is -0.342 e. The SMILES string of the molecule is Cc1cn[nH]c1CC1CCCN(C(=O)CCc2cccs2)C1. The van der Waals surface area contributed by atoms with Crippen LogP contribution in [0, 0.1) is 12.8 Å². The number of H-pyrrole nitrogens is 1. The zero-order valence-corrected chi connectivity index (χ0v) is 13.9. The van der Waals surface area contributed by atoms with Crippen LogP contribution in [0.15, 0.2) is 23.7 Å². The van der Waals surface area contributed by atoms with Crippen molar-refractivity contribution in [1.82, 2.24) is 15.1 Å². The van der Waals surface area contributed by atoms with Crippen LogP contribution < -0.4 is 0 Å². The standard InChI is InChI=1S/C17H23N3OS/c1-13-11-18-19-16(13)10-14-4-2-8-20(12-14)17(21)7-6-15-5-3-9-22-15/h3,5,9,11,14H,2,4,6-8,10,12H2,1H3,(H,18,19). The van der Waals surface area contributed by atoms with Crippen molar-refractivity contribution in [2.24, 2.45) is 5.92 Å². The van der Waals surface area contributed by atoms with E-state index in [-0.39, 0.29) is 0 Å². The molecule has 0 bridgehead atoms. The molecule has 0 aliphatic carbocycles. The third-order valence-electron chi connectivity index (χ3n) is 4.46. The molecule has 0 saturated carbocycles. The second kappa shape index (κ2) is 7.09. The van der Waals surface area contributed by atoms with E-state index in [4.69, 9.17) is 0 Å². The average Bonchev–Trinajstić information content (AvgIpc) is 3.18. The molecule has 4 nitrogen and oxygen atoms in total. The summed E-state index contributed by atoms with van der Waals surface area (Å²) in [6.45, 7) is 3.90. The van der Waals surface area contributed by atoms with Gasteiger partial charge in [0.1, 0.15) is 0 Å². The van der Waals surface area contributed by atoms with E-state index in [1.807, 2.05) is 12.3 Å². The molecule has 1 N–H and O–H groups in total. The minimum absolute atomic E-state index is 0.305. The number of aromatic nitrogens is 2. The first-order valence-electron chi connectivity index (χ1n) is 8.01. The van der Waals surface area contributed by atoms with E-state index in [1.54, 1.807) is 11.3 Å². The summed E-state index contributed by atoms with van der Waals surface area (Å²) in [6, 6.07) is 4.16. The Kier molecular flexibility index (Phi) is 4.93. The lowest BCUT2D eigenvalue weighted by molar-refractivity contribution is -0.132. The maximum Gasteiger partial charge on any atom is 0.222 e. The lowest BCUT2D eigenvalue weighted by atomic mass is 9.92. The third kappa shape index (κ3) is 3.77. The number of thiophene rings is 1. The van der Waals surface area contributed by atoms with Gasteiger partial charge >= 0.3 is 0 Å². The number of amides is 1. The van der Waals surface area contributed by atoms with Crippen LogP contribution in [0.5, 0.6) is 0 Å². The van der Waals surface area contributed by atoms with Crippen molar-refractivity contribution in [2.75, 3.05) is 13.1 Å². The normalized spacial score (nSPS) is 18.6. The molecule has 5 heteroatoms. The molecule has 0 spiro atoms. The highest BCUT2D eigenvalue weighted by Crippen LogP contribution is 2.22. The molecule has 1 unspecified atom stereocenters. The van der Waals surface area contributed by atoms with Gasteiger partial charge in [0, 0.05) is 30.1 Å². The predicted octanol–water partition coefficient (Wildman–Crippen LogP) is 3.19. The fourth-order valence-corrected chi connectivity index (χ4v) is 3.88. The molecule has 2 aromatic heterocycles. The van der Waals surface area contributed by atoms with Gasteiger partial charge in [-0.2, -0.15) is 5.10 Å². The highest BCUT2D eigenvalue weighted by atomic mass is 32.1. The second-order valence-electron chi connectivity index (χ2n) is 6.16. The summed E-state index contributed by atoms with van der Waals surface area (Å²) in [7, 11) is 0. The molecular weight excluding hydrogens is 294 g/mol. The topological polar surface area (TPSA) is 49.0 Å². The van der Waals surface area contributed by atoms with Crippen molar-refractivity contribution in [1.29, 1.82) is 0 Å². The summed E-state index contributed by atoms with van der Waals surface area (Å²) in [5, 5.41) is 9.26. The molecule has 1 atom stereocenters. The van der Waals surface area contributed by atoms with Crippen molar-refractivity contribution in [2.45, 2.75) is 39.0 Å². The fourth-order valence-electron chi connectivity index (χ4n) is 3.17. The van der Waals surface area contributed by atoms with Gasteiger partial charge in [-0.1, -0.05) is 6.07 Å². The summed E-state index contributed by atoms with van der Waals surface area (Å²) in [6.07, 6.45) is 6.70. The van der Waals surface area contributed by atoms with E-state index < -0.39 is 0 Å². The molecule has 2 aromatic rings. The van der Waals surface area contributed by atoms with E-state index >= 15 is 0 Å². The van der Waals surface area contributed by atoms with Crippen molar-refractivity contribution in [3.63, 3.8) is 0 Å². The number of aromatic amines is 1. The van der Waals surface area contributed by atoms with Gasteiger partial charge < -0.3 is 4.90 Å². The van der Waals surface area contributed by atoms with Crippen LogP contribution in [0.4, 0.5) is 0 Å². The van der Waals surface area contributed by atoms with Gasteiger partial charge in [-0.3, -0.25) is 9.89 Å². The first-order valence-corrected chi connectivity index (χ1v) is 8.89. The minimum atomic E-state index is 0.305. The zero-order chi connectivity index (χ0) is 15.4. The van der Waals surface area contributed by atoms with E-state index in [0.29, 0.717) is 18.2 Å². The lowest BCUT2D eigenvalue weighted by Crippen LogP contribution is -2.40. The number of likely N-dealkylation sites (tertiary alicyclic amines) is 1. The molecule has 1 saturated heterocycles. The molecule has 1 fully saturated rings. The van der Waals surface area contributed by atoms with E-state index in [2.05, 4.69) is 33.5 Å². The van der Waals surface area contributed by atoms with Crippen LogP contribution in [-0.4, -0.2) is 34.1 Å². The van der Waals surface area contributed by atoms with Gasteiger partial charge in [-0.25, -0.2) is 0 Å². The quantitative estimate of drug-likeness (QED) is 0.920. The van der Waals surface area contributed by atoms with Crippen LogP contribution in [0.1, 0.15) is 35.4 Å². The maximum absolute atomic E-state index is 12.4. The van der Waals surface area contributed by atoms with E-state index in [0.717, 1.165) is 32.4 Å². The number of hydrogen-bond acceptors (Lipinski definition) is 3. The molecule has 1 amide bonds. The maximum atomic E-state index is 12.4. The van der Waals surface area contributed by atoms with E-state index in [1.165, 1.54) is 22.6 Å². The predicted molar refractivity (Wildman–Crippen MR) is 89.0 cm³/mol. The summed E-state index contributed by atoms with van der Waals surface area (Å²) in [5.41, 5.74) is 2.44. The third-order valence-corrected chi connectivity index (χ3v) is 5.40. The summed E-state index contributed by atoms with van der Waals surface area (Å²) in [4.78, 5) is 15.8. The molecule has 1 aliphatic heterocycles. The van der Waals surface area contributed by atoms with Gasteiger partial charge in [0.2, 0.25) is 5.91 Å². The first-order chi connectivity index (χ1) is 10.7. The van der Waals surface area contributed by atoms with Crippen LogP contribution >= 0.6 is 11.3 Å². The number of rotatable bonds is 5. The Hall–Kier alpha value is -1.62. The summed E-state index contributed by atoms with van der Waals surface area (Å²) < 4.78 is 0. The van der Waals surface area contributed by atoms with Gasteiger partial charge in [0.05, 0.1) is 6.20 Å². The Morgan fingerprint density at radius 1 is 1.55 bits per heavy atom. The summed E-state index contributed by atoms with van der Waals surface area (Å²) >= 11 is 1.73. The molecule has 0 radical (unpaired) electrons. The monoisotopic (exact) mass is 317 g/mol. The molecule has 3 heterocycles. The number of carbonyl (C=O) groups is 1. The Morgan fingerprint density at radius 2 is 2.45 bits per heavy atom. The number of carbonyl (C=O) groups excluding carboxylic acids is 1. The van der Waals surface area contributed by atoms with Gasteiger partial charge in [0.25, 0.3) is 0 Å². The molecule has 3 rings (SSSR count). The van der Waals surface area contributed by atoms with Crippen LogP contribution in [0.3, 0.4) is 0 Å². The van der Waals surface area contributed by atoms with Crippen molar-refractivity contribution < 1.29 is 4.79 Å². The molecule has 118 valence electrons. The second-order valence-corrected chi connectivity index (χ2v) is 7.20. The number of nitrogens with zero attached hydrogens (tertiary/aromatic N) is 2. The van der Waals surface area contributed by atoms with Crippen LogP contribution in [0.2, 0.25) is 0 Å². The fraction of sp³-hybridized carbons (Fsp3) is 0.529. The smallest absolute Gasteiger partial charge is 0.222 e. The first kappa shape index (κ1) is 15.3. The number of hydrogen-bond donors (Lipinski definition) is 1.